The number of hydrogen-bond donors (Lipinski definition) is 0. The standard InChI is InChI=1S/C11H13NO.C2H6/c1-3-9-7-8-5-4-6-10(13-2)11(8)12-9;1-2/h4-6H,3,7H2,1-2H3;1-2H3. The van der Waals surface area contributed by atoms with Crippen LogP contribution in [-0.4, -0.2) is 12.8 Å². The van der Waals surface area contributed by atoms with E-state index >= 15 is 0 Å². The molecule has 0 aliphatic carbocycles. The summed E-state index contributed by atoms with van der Waals surface area (Å²) < 4.78 is 5.24. The van der Waals surface area contributed by atoms with Crippen LogP contribution in [0.1, 0.15) is 32.8 Å². The molecule has 0 unspecified atom stereocenters. The summed E-state index contributed by atoms with van der Waals surface area (Å²) in [7, 11) is 1.69. The number of methoxy groups -OCH3 is 1. The Morgan fingerprint density at radius 1 is 1.33 bits per heavy atom. The first-order valence-corrected chi connectivity index (χ1v) is 5.57. The molecule has 1 aromatic carbocycles. The largest absolute Gasteiger partial charge is 0.494 e. The summed E-state index contributed by atoms with van der Waals surface area (Å²) in [6.45, 7) is 6.14. The minimum Gasteiger partial charge on any atom is -0.494 e. The Balaban J connectivity index is 0.000000531. The van der Waals surface area contributed by atoms with E-state index in [0.717, 1.165) is 24.3 Å². The second-order valence-corrected chi connectivity index (χ2v) is 3.18. The third-order valence-electron chi connectivity index (χ3n) is 2.38. The molecular weight excluding hydrogens is 186 g/mol. The van der Waals surface area contributed by atoms with Crippen molar-refractivity contribution in [1.29, 1.82) is 0 Å². The first kappa shape index (κ1) is 11.8. The maximum absolute atomic E-state index is 5.24. The Hall–Kier alpha value is -1.31. The Labute approximate surface area is 92.0 Å². The third-order valence-corrected chi connectivity index (χ3v) is 2.38. The lowest BCUT2D eigenvalue weighted by atomic mass is 10.1. The number of benzene rings is 1. The summed E-state index contributed by atoms with van der Waals surface area (Å²) in [5.41, 5.74) is 3.57. The van der Waals surface area contributed by atoms with Gasteiger partial charge in [0.15, 0.2) is 0 Å². The van der Waals surface area contributed by atoms with Gasteiger partial charge in [-0.1, -0.05) is 32.9 Å². The fourth-order valence-corrected chi connectivity index (χ4v) is 1.62. The lowest BCUT2D eigenvalue weighted by molar-refractivity contribution is 0.416. The molecule has 82 valence electrons. The third kappa shape index (κ3) is 2.38. The number of fused-ring (bicyclic) bond motifs is 1. The molecular formula is C13H19NO. The van der Waals surface area contributed by atoms with Gasteiger partial charge in [0, 0.05) is 12.1 Å². The van der Waals surface area contributed by atoms with Crippen molar-refractivity contribution in [3.05, 3.63) is 23.8 Å². The Morgan fingerprint density at radius 2 is 2.07 bits per heavy atom. The van der Waals surface area contributed by atoms with Crippen LogP contribution in [-0.2, 0) is 6.42 Å². The van der Waals surface area contributed by atoms with Crippen molar-refractivity contribution in [2.45, 2.75) is 33.6 Å². The summed E-state index contributed by atoms with van der Waals surface area (Å²) in [5, 5.41) is 0. The molecule has 15 heavy (non-hydrogen) atoms. The zero-order valence-electron chi connectivity index (χ0n) is 10.0. The summed E-state index contributed by atoms with van der Waals surface area (Å²) >= 11 is 0. The molecule has 0 radical (unpaired) electrons. The molecule has 0 fully saturated rings. The van der Waals surface area contributed by atoms with Crippen LogP contribution in [0, 0.1) is 0 Å². The SMILES string of the molecule is CC.CCC1=Nc2c(cccc2OC)C1. The van der Waals surface area contributed by atoms with Crippen LogP contribution in [0.3, 0.4) is 0 Å². The molecule has 0 N–H and O–H groups in total. The normalized spacial score (nSPS) is 12.4. The fourth-order valence-electron chi connectivity index (χ4n) is 1.62. The second-order valence-electron chi connectivity index (χ2n) is 3.18. The van der Waals surface area contributed by atoms with Crippen LogP contribution < -0.4 is 4.74 Å². The van der Waals surface area contributed by atoms with Crippen LogP contribution in [0.4, 0.5) is 5.69 Å². The van der Waals surface area contributed by atoms with Crippen molar-refractivity contribution < 1.29 is 4.74 Å². The maximum Gasteiger partial charge on any atom is 0.144 e. The Kier molecular flexibility index (Phi) is 4.35. The molecule has 0 amide bonds. The smallest absolute Gasteiger partial charge is 0.144 e. The molecule has 2 rings (SSSR count). The van der Waals surface area contributed by atoms with E-state index in [1.165, 1.54) is 11.3 Å². The van der Waals surface area contributed by atoms with Crippen molar-refractivity contribution in [1.82, 2.24) is 0 Å². The first-order valence-electron chi connectivity index (χ1n) is 5.57. The highest BCUT2D eigenvalue weighted by Crippen LogP contribution is 2.36. The predicted molar refractivity (Wildman–Crippen MR) is 65.4 cm³/mol. The van der Waals surface area contributed by atoms with Crippen molar-refractivity contribution in [2.75, 3.05) is 7.11 Å². The topological polar surface area (TPSA) is 21.6 Å². The fraction of sp³-hybridized carbons (Fsp3) is 0.462. The molecule has 1 aliphatic rings. The van der Waals surface area contributed by atoms with E-state index in [2.05, 4.69) is 18.0 Å². The van der Waals surface area contributed by atoms with Crippen LogP contribution in [0.25, 0.3) is 0 Å². The summed E-state index contributed by atoms with van der Waals surface area (Å²) in [4.78, 5) is 4.53. The van der Waals surface area contributed by atoms with Crippen molar-refractivity contribution >= 4 is 11.4 Å². The van der Waals surface area contributed by atoms with Gasteiger partial charge < -0.3 is 4.74 Å². The summed E-state index contributed by atoms with van der Waals surface area (Å²) in [6, 6.07) is 6.09. The summed E-state index contributed by atoms with van der Waals surface area (Å²) in [6.07, 6.45) is 2.01. The van der Waals surface area contributed by atoms with Crippen molar-refractivity contribution in [2.24, 2.45) is 4.99 Å². The minimum atomic E-state index is 0.890. The molecule has 1 heterocycles. The summed E-state index contributed by atoms with van der Waals surface area (Å²) in [5.74, 6) is 0.890. The van der Waals surface area contributed by atoms with Gasteiger partial charge in [-0.2, -0.15) is 0 Å². The molecule has 1 aliphatic heterocycles. The minimum absolute atomic E-state index is 0.890. The molecule has 2 nitrogen and oxygen atoms in total. The zero-order chi connectivity index (χ0) is 11.3. The molecule has 1 aromatic rings. The molecule has 0 spiro atoms. The van der Waals surface area contributed by atoms with Gasteiger partial charge in [0.05, 0.1) is 7.11 Å². The van der Waals surface area contributed by atoms with E-state index < -0.39 is 0 Å². The van der Waals surface area contributed by atoms with Gasteiger partial charge in [-0.15, -0.1) is 0 Å². The van der Waals surface area contributed by atoms with Crippen LogP contribution in [0.15, 0.2) is 23.2 Å². The average Bonchev–Trinajstić information content (AvgIpc) is 2.74. The van der Waals surface area contributed by atoms with Gasteiger partial charge >= 0.3 is 0 Å². The predicted octanol–water partition coefficient (Wildman–Crippen LogP) is 3.76. The maximum atomic E-state index is 5.24. The average molecular weight is 205 g/mol. The van der Waals surface area contributed by atoms with Gasteiger partial charge in [0.2, 0.25) is 0 Å². The highest BCUT2D eigenvalue weighted by molar-refractivity contribution is 5.94. The molecule has 2 heteroatoms. The highest BCUT2D eigenvalue weighted by Gasteiger charge is 2.16. The second kappa shape index (κ2) is 5.54. The van der Waals surface area contributed by atoms with E-state index in [1.54, 1.807) is 7.11 Å². The van der Waals surface area contributed by atoms with Gasteiger partial charge in [0.1, 0.15) is 11.4 Å². The van der Waals surface area contributed by atoms with Crippen LogP contribution in [0.5, 0.6) is 5.75 Å². The number of nitrogens with zero attached hydrogens (tertiary/aromatic N) is 1. The number of rotatable bonds is 2. The highest BCUT2D eigenvalue weighted by atomic mass is 16.5. The van der Waals surface area contributed by atoms with Crippen molar-refractivity contribution in [3.8, 4) is 5.75 Å². The van der Waals surface area contributed by atoms with Gasteiger partial charge in [0.25, 0.3) is 0 Å². The van der Waals surface area contributed by atoms with Gasteiger partial charge in [-0.05, 0) is 18.1 Å². The Bertz CT molecular complexity index is 356. The Morgan fingerprint density at radius 3 is 2.67 bits per heavy atom. The van der Waals surface area contributed by atoms with Crippen molar-refractivity contribution in [3.63, 3.8) is 0 Å². The quantitative estimate of drug-likeness (QED) is 0.720. The number of hydrogen-bond acceptors (Lipinski definition) is 2. The van der Waals surface area contributed by atoms with E-state index in [1.807, 2.05) is 26.0 Å². The molecule has 0 saturated heterocycles. The lowest BCUT2D eigenvalue weighted by Crippen LogP contribution is -1.93. The zero-order valence-corrected chi connectivity index (χ0v) is 10.0. The first-order chi connectivity index (χ1) is 7.35. The van der Waals surface area contributed by atoms with E-state index in [0.29, 0.717) is 0 Å². The number of aliphatic imine (C=N–C) groups is 1. The molecule has 0 atom stereocenters. The monoisotopic (exact) mass is 205 g/mol. The molecule has 0 bridgehead atoms. The molecule has 0 saturated carbocycles. The van der Waals surface area contributed by atoms with Gasteiger partial charge in [-0.25, -0.2) is 0 Å². The van der Waals surface area contributed by atoms with E-state index in [4.69, 9.17) is 4.74 Å². The van der Waals surface area contributed by atoms with Crippen LogP contribution in [0.2, 0.25) is 0 Å². The molecule has 0 aromatic heterocycles. The van der Waals surface area contributed by atoms with Crippen LogP contribution >= 0.6 is 0 Å². The number of ether oxygens (including phenoxy) is 1. The van der Waals surface area contributed by atoms with E-state index in [9.17, 15) is 0 Å². The lowest BCUT2D eigenvalue weighted by Gasteiger charge is -2.03. The number of para-hydroxylation sites is 1. The van der Waals surface area contributed by atoms with Gasteiger partial charge in [-0.3, -0.25) is 4.99 Å². The van der Waals surface area contributed by atoms with E-state index in [-0.39, 0.29) is 0 Å².